The second kappa shape index (κ2) is 7.73. The highest BCUT2D eigenvalue weighted by Gasteiger charge is 2.24. The van der Waals surface area contributed by atoms with Gasteiger partial charge in [-0.1, -0.05) is 17.7 Å². The Hall–Kier alpha value is -1.98. The summed E-state index contributed by atoms with van der Waals surface area (Å²) in [5, 5.41) is 0.486. The van der Waals surface area contributed by atoms with Crippen LogP contribution in [0.1, 0.15) is 13.8 Å². The van der Waals surface area contributed by atoms with Gasteiger partial charge < -0.3 is 4.74 Å². The number of halogens is 1. The Morgan fingerprint density at radius 2 is 1.71 bits per heavy atom. The molecule has 0 fully saturated rings. The van der Waals surface area contributed by atoms with Gasteiger partial charge in [-0.25, -0.2) is 8.42 Å². The molecule has 6 heteroatoms. The van der Waals surface area contributed by atoms with Crippen LogP contribution in [0.4, 0.5) is 5.69 Å². The molecule has 0 aromatic heterocycles. The summed E-state index contributed by atoms with van der Waals surface area (Å²) in [5.41, 5.74) is 0.543. The third-order valence-electron chi connectivity index (χ3n) is 3.19. The largest absolute Gasteiger partial charge is 0.491 e. The highest BCUT2D eigenvalue weighted by atomic mass is 35.5. The number of hydrogen-bond acceptors (Lipinski definition) is 3. The number of ether oxygens (including phenoxy) is 1. The summed E-state index contributed by atoms with van der Waals surface area (Å²) in [7, 11) is -3.71. The Morgan fingerprint density at radius 1 is 1.12 bits per heavy atom. The highest BCUT2D eigenvalue weighted by molar-refractivity contribution is 7.92. The molecule has 0 saturated carbocycles. The second-order valence-corrected chi connectivity index (χ2v) is 7.74. The Kier molecular flexibility index (Phi) is 5.91. The van der Waals surface area contributed by atoms with E-state index in [1.54, 1.807) is 42.5 Å². The van der Waals surface area contributed by atoms with Crippen molar-refractivity contribution in [2.45, 2.75) is 24.8 Å². The van der Waals surface area contributed by atoms with Gasteiger partial charge >= 0.3 is 0 Å². The zero-order chi connectivity index (χ0) is 17.7. The van der Waals surface area contributed by atoms with Gasteiger partial charge in [0.2, 0.25) is 0 Å². The Balaban J connectivity index is 2.37. The fourth-order valence-corrected chi connectivity index (χ4v) is 3.72. The molecule has 4 nitrogen and oxygen atoms in total. The van der Waals surface area contributed by atoms with Crippen LogP contribution in [0.25, 0.3) is 0 Å². The van der Waals surface area contributed by atoms with Crippen molar-refractivity contribution in [2.24, 2.45) is 0 Å². The van der Waals surface area contributed by atoms with Gasteiger partial charge in [0.05, 0.1) is 23.2 Å². The highest BCUT2D eigenvalue weighted by Crippen LogP contribution is 2.26. The van der Waals surface area contributed by atoms with Crippen molar-refractivity contribution in [2.75, 3.05) is 10.8 Å². The molecule has 2 aromatic rings. The van der Waals surface area contributed by atoms with Gasteiger partial charge in [0, 0.05) is 5.02 Å². The van der Waals surface area contributed by atoms with Crippen molar-refractivity contribution in [1.82, 2.24) is 0 Å². The minimum atomic E-state index is -3.71. The smallest absolute Gasteiger partial charge is 0.264 e. The minimum absolute atomic E-state index is 0.0536. The molecule has 0 aliphatic rings. The van der Waals surface area contributed by atoms with Crippen LogP contribution in [0, 0.1) is 0 Å². The Labute approximate surface area is 148 Å². The van der Waals surface area contributed by atoms with E-state index >= 15 is 0 Å². The van der Waals surface area contributed by atoms with E-state index in [4.69, 9.17) is 16.3 Å². The molecule has 0 bridgehead atoms. The SMILES string of the molecule is C=CCN(c1ccc(OC(C)C)cc1)S(=O)(=O)c1ccc(Cl)cc1. The normalized spacial score (nSPS) is 11.3. The van der Waals surface area contributed by atoms with Crippen LogP contribution in [-0.4, -0.2) is 21.1 Å². The number of anilines is 1. The first kappa shape index (κ1) is 18.4. The fourth-order valence-electron chi connectivity index (χ4n) is 2.16. The Bertz CT molecular complexity index is 784. The lowest BCUT2D eigenvalue weighted by atomic mass is 10.3. The first-order chi connectivity index (χ1) is 11.3. The van der Waals surface area contributed by atoms with E-state index < -0.39 is 10.0 Å². The zero-order valence-corrected chi connectivity index (χ0v) is 15.2. The molecule has 0 radical (unpaired) electrons. The van der Waals surface area contributed by atoms with E-state index in [-0.39, 0.29) is 17.5 Å². The monoisotopic (exact) mass is 365 g/mol. The quantitative estimate of drug-likeness (QED) is 0.678. The van der Waals surface area contributed by atoms with Gasteiger partial charge in [0.25, 0.3) is 10.0 Å². The summed E-state index contributed by atoms with van der Waals surface area (Å²) >= 11 is 5.84. The van der Waals surface area contributed by atoms with E-state index in [0.717, 1.165) is 0 Å². The lowest BCUT2D eigenvalue weighted by Gasteiger charge is -2.23. The molecule has 0 aliphatic heterocycles. The zero-order valence-electron chi connectivity index (χ0n) is 13.6. The first-order valence-electron chi connectivity index (χ1n) is 7.50. The van der Waals surface area contributed by atoms with Gasteiger partial charge in [-0.3, -0.25) is 4.31 Å². The third kappa shape index (κ3) is 4.30. The van der Waals surface area contributed by atoms with E-state index in [0.29, 0.717) is 16.5 Å². The molecule has 0 unspecified atom stereocenters. The molecule has 0 atom stereocenters. The molecular formula is C18H20ClNO3S. The number of nitrogens with zero attached hydrogens (tertiary/aromatic N) is 1. The summed E-state index contributed by atoms with van der Waals surface area (Å²) in [6.07, 6.45) is 1.60. The fraction of sp³-hybridized carbons (Fsp3) is 0.222. The molecule has 128 valence electrons. The number of sulfonamides is 1. The van der Waals surface area contributed by atoms with Crippen molar-refractivity contribution in [3.8, 4) is 5.75 Å². The standard InChI is InChI=1S/C18H20ClNO3S/c1-4-13-20(16-7-9-17(10-8-16)23-14(2)3)24(21,22)18-11-5-15(19)6-12-18/h4-12,14H,1,13H2,2-3H3. The van der Waals surface area contributed by atoms with Gasteiger partial charge in [-0.15, -0.1) is 6.58 Å². The summed E-state index contributed by atoms with van der Waals surface area (Å²) in [6, 6.07) is 13.0. The summed E-state index contributed by atoms with van der Waals surface area (Å²) in [5.74, 6) is 0.691. The molecule has 0 heterocycles. The van der Waals surface area contributed by atoms with Crippen LogP contribution in [0.3, 0.4) is 0 Å². The molecule has 0 saturated heterocycles. The van der Waals surface area contributed by atoms with Gasteiger partial charge in [0.1, 0.15) is 5.75 Å². The lowest BCUT2D eigenvalue weighted by Crippen LogP contribution is -2.31. The van der Waals surface area contributed by atoms with Gasteiger partial charge in [-0.2, -0.15) is 0 Å². The van der Waals surface area contributed by atoms with Crippen LogP contribution in [0.2, 0.25) is 5.02 Å². The molecule has 2 rings (SSSR count). The van der Waals surface area contributed by atoms with Crippen LogP contribution in [-0.2, 0) is 10.0 Å². The topological polar surface area (TPSA) is 46.6 Å². The maximum absolute atomic E-state index is 12.9. The molecule has 24 heavy (non-hydrogen) atoms. The predicted molar refractivity (Wildman–Crippen MR) is 98.4 cm³/mol. The van der Waals surface area contributed by atoms with E-state index in [1.807, 2.05) is 13.8 Å². The number of rotatable bonds is 7. The average molecular weight is 366 g/mol. The van der Waals surface area contributed by atoms with Crippen molar-refractivity contribution in [3.05, 3.63) is 66.2 Å². The van der Waals surface area contributed by atoms with Crippen molar-refractivity contribution in [1.29, 1.82) is 0 Å². The van der Waals surface area contributed by atoms with Crippen LogP contribution < -0.4 is 9.04 Å². The van der Waals surface area contributed by atoms with Crippen molar-refractivity contribution in [3.63, 3.8) is 0 Å². The van der Waals surface area contributed by atoms with Crippen LogP contribution in [0.15, 0.2) is 66.1 Å². The molecule has 2 aromatic carbocycles. The van der Waals surface area contributed by atoms with E-state index in [1.165, 1.54) is 16.4 Å². The predicted octanol–water partition coefficient (Wildman–Crippen LogP) is 4.51. The number of hydrogen-bond donors (Lipinski definition) is 0. The molecular weight excluding hydrogens is 346 g/mol. The number of benzene rings is 2. The summed E-state index contributed by atoms with van der Waals surface area (Å²) < 4.78 is 32.7. The summed E-state index contributed by atoms with van der Waals surface area (Å²) in [4.78, 5) is 0.177. The molecule has 0 amide bonds. The third-order valence-corrected chi connectivity index (χ3v) is 5.25. The molecule has 0 spiro atoms. The average Bonchev–Trinajstić information content (AvgIpc) is 2.53. The first-order valence-corrected chi connectivity index (χ1v) is 9.32. The van der Waals surface area contributed by atoms with Crippen molar-refractivity contribution >= 4 is 27.3 Å². The van der Waals surface area contributed by atoms with E-state index in [9.17, 15) is 8.42 Å². The maximum Gasteiger partial charge on any atom is 0.264 e. The van der Waals surface area contributed by atoms with Crippen LogP contribution >= 0.6 is 11.6 Å². The Morgan fingerprint density at radius 3 is 2.21 bits per heavy atom. The maximum atomic E-state index is 12.9. The molecule has 0 N–H and O–H groups in total. The van der Waals surface area contributed by atoms with Crippen LogP contribution in [0.5, 0.6) is 5.75 Å². The summed E-state index contributed by atoms with van der Waals surface area (Å²) in [6.45, 7) is 7.68. The van der Waals surface area contributed by atoms with Gasteiger partial charge in [-0.05, 0) is 62.4 Å². The minimum Gasteiger partial charge on any atom is -0.491 e. The molecule has 0 aliphatic carbocycles. The van der Waals surface area contributed by atoms with Gasteiger partial charge in [0.15, 0.2) is 0 Å². The van der Waals surface area contributed by atoms with E-state index in [2.05, 4.69) is 6.58 Å². The van der Waals surface area contributed by atoms with Crippen molar-refractivity contribution < 1.29 is 13.2 Å². The lowest BCUT2D eigenvalue weighted by molar-refractivity contribution is 0.242. The second-order valence-electron chi connectivity index (χ2n) is 5.44.